The van der Waals surface area contributed by atoms with Gasteiger partial charge in [-0.25, -0.2) is 4.39 Å². The molecular formula is C25H31FN2O2. The maximum Gasteiger partial charge on any atom is 0.223 e. The highest BCUT2D eigenvalue weighted by atomic mass is 19.1. The molecular weight excluding hydrogens is 379 g/mol. The van der Waals surface area contributed by atoms with Crippen LogP contribution in [0.5, 0.6) is 0 Å². The van der Waals surface area contributed by atoms with Crippen LogP contribution in [0.2, 0.25) is 0 Å². The first-order valence-corrected chi connectivity index (χ1v) is 11.5. The molecule has 160 valence electrons. The average molecular weight is 411 g/mol. The summed E-state index contributed by atoms with van der Waals surface area (Å²) in [4.78, 5) is 17.2. The minimum absolute atomic E-state index is 0.0766. The fourth-order valence-electron chi connectivity index (χ4n) is 6.21. The third kappa shape index (κ3) is 3.84. The highest BCUT2D eigenvalue weighted by molar-refractivity contribution is 5.82. The number of hydrogen-bond donors (Lipinski definition) is 1. The van der Waals surface area contributed by atoms with Crippen molar-refractivity contribution in [3.8, 4) is 0 Å². The van der Waals surface area contributed by atoms with E-state index in [-0.39, 0.29) is 23.7 Å². The van der Waals surface area contributed by atoms with E-state index in [2.05, 4.69) is 23.3 Å². The molecule has 3 atom stereocenters. The van der Waals surface area contributed by atoms with Gasteiger partial charge in [0.2, 0.25) is 5.91 Å². The molecule has 2 saturated carbocycles. The number of nitrogens with zero attached hydrogens (tertiary/aromatic N) is 1. The highest BCUT2D eigenvalue weighted by Crippen LogP contribution is 2.54. The third-order valence-electron chi connectivity index (χ3n) is 7.92. The number of hydrogen-bond acceptors (Lipinski definition) is 3. The van der Waals surface area contributed by atoms with Crippen molar-refractivity contribution in [1.29, 1.82) is 0 Å². The van der Waals surface area contributed by atoms with E-state index >= 15 is 0 Å². The first-order chi connectivity index (χ1) is 14.6. The molecule has 3 unspecified atom stereocenters. The van der Waals surface area contributed by atoms with Gasteiger partial charge in [0, 0.05) is 36.8 Å². The predicted molar refractivity (Wildman–Crippen MR) is 115 cm³/mol. The summed E-state index contributed by atoms with van der Waals surface area (Å²) in [6.07, 6.45) is 8.28. The zero-order valence-corrected chi connectivity index (χ0v) is 17.6. The van der Waals surface area contributed by atoms with Crippen molar-refractivity contribution >= 4 is 16.8 Å². The molecule has 1 aromatic carbocycles. The van der Waals surface area contributed by atoms with Gasteiger partial charge in [0.15, 0.2) is 0 Å². The standard InChI is InChI=1S/C25H31FN2O2/c1-15(25(29)28-21-5-8-30-9-6-21)16-10-17-12-19(13-18(17)11-16)22-4-7-27-24-3-2-20(26)14-23(22)24/h2-4,7,14-19,21H,5-6,8-13H2,1H3,(H,28,29). The van der Waals surface area contributed by atoms with E-state index in [0.29, 0.717) is 23.7 Å². The molecule has 1 aliphatic heterocycles. The van der Waals surface area contributed by atoms with E-state index in [9.17, 15) is 9.18 Å². The number of rotatable bonds is 4. The Kier molecular flexibility index (Phi) is 5.48. The molecule has 1 amide bonds. The topological polar surface area (TPSA) is 51.2 Å². The second-order valence-electron chi connectivity index (χ2n) is 9.67. The Balaban J connectivity index is 1.22. The van der Waals surface area contributed by atoms with Crippen LogP contribution in [0.1, 0.15) is 56.9 Å². The highest BCUT2D eigenvalue weighted by Gasteiger charge is 2.44. The lowest BCUT2D eigenvalue weighted by Gasteiger charge is -2.27. The Hall–Kier alpha value is -2.01. The van der Waals surface area contributed by atoms with Crippen molar-refractivity contribution in [3.05, 3.63) is 41.8 Å². The van der Waals surface area contributed by atoms with Gasteiger partial charge < -0.3 is 10.1 Å². The molecule has 5 rings (SSSR count). The summed E-state index contributed by atoms with van der Waals surface area (Å²) in [5.41, 5.74) is 2.12. The molecule has 3 aliphatic rings. The lowest BCUT2D eigenvalue weighted by Crippen LogP contribution is -2.42. The number of aromatic nitrogens is 1. The Morgan fingerprint density at radius 2 is 1.87 bits per heavy atom. The predicted octanol–water partition coefficient (Wildman–Crippen LogP) is 4.83. The summed E-state index contributed by atoms with van der Waals surface area (Å²) < 4.78 is 19.2. The van der Waals surface area contributed by atoms with Crippen molar-refractivity contribution in [1.82, 2.24) is 10.3 Å². The lowest BCUT2D eigenvalue weighted by atomic mass is 9.85. The number of carbonyl (C=O) groups is 1. The molecule has 3 fully saturated rings. The summed E-state index contributed by atoms with van der Waals surface area (Å²) in [6.45, 7) is 3.61. The zero-order chi connectivity index (χ0) is 20.7. The van der Waals surface area contributed by atoms with Crippen LogP contribution in [0.25, 0.3) is 10.9 Å². The van der Waals surface area contributed by atoms with Gasteiger partial charge >= 0.3 is 0 Å². The van der Waals surface area contributed by atoms with Gasteiger partial charge in [0.25, 0.3) is 0 Å². The zero-order valence-electron chi connectivity index (χ0n) is 17.6. The monoisotopic (exact) mass is 410 g/mol. The van der Waals surface area contributed by atoms with Crippen LogP contribution in [0, 0.1) is 29.5 Å². The number of halogens is 1. The van der Waals surface area contributed by atoms with Crippen LogP contribution in [0.15, 0.2) is 30.5 Å². The molecule has 2 heterocycles. The van der Waals surface area contributed by atoms with E-state index < -0.39 is 0 Å². The number of amides is 1. The summed E-state index contributed by atoms with van der Waals surface area (Å²) in [7, 11) is 0. The van der Waals surface area contributed by atoms with Gasteiger partial charge in [-0.2, -0.15) is 0 Å². The molecule has 1 saturated heterocycles. The van der Waals surface area contributed by atoms with E-state index in [1.165, 1.54) is 11.6 Å². The van der Waals surface area contributed by atoms with Crippen molar-refractivity contribution in [2.75, 3.05) is 13.2 Å². The lowest BCUT2D eigenvalue weighted by molar-refractivity contribution is -0.127. The number of fused-ring (bicyclic) bond motifs is 2. The molecule has 30 heavy (non-hydrogen) atoms. The SMILES string of the molecule is CC(C(=O)NC1CCOCC1)C1CC2CC(c3ccnc4ccc(F)cc34)CC2C1. The molecule has 1 aromatic heterocycles. The summed E-state index contributed by atoms with van der Waals surface area (Å²) >= 11 is 0. The molecule has 1 N–H and O–H groups in total. The van der Waals surface area contributed by atoms with E-state index in [1.807, 2.05) is 6.20 Å². The van der Waals surface area contributed by atoms with E-state index in [0.717, 1.165) is 62.6 Å². The largest absolute Gasteiger partial charge is 0.381 e. The first kappa shape index (κ1) is 19.9. The number of pyridine rings is 1. The smallest absolute Gasteiger partial charge is 0.223 e. The van der Waals surface area contributed by atoms with E-state index in [4.69, 9.17) is 4.74 Å². The van der Waals surface area contributed by atoms with Crippen molar-refractivity contribution in [2.24, 2.45) is 23.7 Å². The quantitative estimate of drug-likeness (QED) is 0.786. The third-order valence-corrected chi connectivity index (χ3v) is 7.92. The van der Waals surface area contributed by atoms with Crippen LogP contribution in [-0.4, -0.2) is 30.1 Å². The van der Waals surface area contributed by atoms with Crippen LogP contribution in [0.3, 0.4) is 0 Å². The molecule has 4 nitrogen and oxygen atoms in total. The Bertz CT molecular complexity index is 913. The second-order valence-corrected chi connectivity index (χ2v) is 9.67. The van der Waals surface area contributed by atoms with Crippen molar-refractivity contribution in [2.45, 2.75) is 57.4 Å². The summed E-state index contributed by atoms with van der Waals surface area (Å²) in [5, 5.41) is 4.22. The van der Waals surface area contributed by atoms with E-state index in [1.54, 1.807) is 12.1 Å². The fourth-order valence-corrected chi connectivity index (χ4v) is 6.21. The summed E-state index contributed by atoms with van der Waals surface area (Å²) in [5.74, 6) is 2.41. The average Bonchev–Trinajstić information content (AvgIpc) is 3.32. The Morgan fingerprint density at radius 3 is 2.60 bits per heavy atom. The molecule has 2 aliphatic carbocycles. The molecule has 5 heteroatoms. The maximum absolute atomic E-state index is 13.8. The fraction of sp³-hybridized carbons (Fsp3) is 0.600. The first-order valence-electron chi connectivity index (χ1n) is 11.5. The number of benzene rings is 1. The van der Waals surface area contributed by atoms with Crippen molar-refractivity contribution in [3.63, 3.8) is 0 Å². The van der Waals surface area contributed by atoms with Crippen LogP contribution in [-0.2, 0) is 9.53 Å². The minimum Gasteiger partial charge on any atom is -0.381 e. The number of ether oxygens (including phenoxy) is 1. The van der Waals surface area contributed by atoms with Crippen LogP contribution < -0.4 is 5.32 Å². The second kappa shape index (κ2) is 8.26. The normalized spacial score (nSPS) is 30.3. The number of nitrogens with one attached hydrogen (secondary N) is 1. The van der Waals surface area contributed by atoms with Crippen LogP contribution in [0.4, 0.5) is 4.39 Å². The van der Waals surface area contributed by atoms with Gasteiger partial charge in [0.1, 0.15) is 5.82 Å². The van der Waals surface area contributed by atoms with Gasteiger partial charge in [-0.3, -0.25) is 9.78 Å². The molecule has 0 spiro atoms. The van der Waals surface area contributed by atoms with Gasteiger partial charge in [-0.05, 0) is 92.0 Å². The van der Waals surface area contributed by atoms with Gasteiger partial charge in [-0.1, -0.05) is 6.92 Å². The van der Waals surface area contributed by atoms with Crippen molar-refractivity contribution < 1.29 is 13.9 Å². The Labute approximate surface area is 177 Å². The molecule has 0 radical (unpaired) electrons. The number of carbonyl (C=O) groups excluding carboxylic acids is 1. The molecule has 0 bridgehead atoms. The summed E-state index contributed by atoms with van der Waals surface area (Å²) in [6, 6.07) is 7.25. The van der Waals surface area contributed by atoms with Gasteiger partial charge in [0.05, 0.1) is 5.52 Å². The minimum atomic E-state index is -0.195. The Morgan fingerprint density at radius 1 is 1.13 bits per heavy atom. The van der Waals surface area contributed by atoms with Gasteiger partial charge in [-0.15, -0.1) is 0 Å². The molecule has 2 aromatic rings. The maximum atomic E-state index is 13.8. The van der Waals surface area contributed by atoms with Crippen LogP contribution >= 0.6 is 0 Å².